The van der Waals surface area contributed by atoms with E-state index < -0.39 is 0 Å². The highest BCUT2D eigenvalue weighted by molar-refractivity contribution is 6.24. The number of hydrogen-bond acceptors (Lipinski definition) is 1. The van der Waals surface area contributed by atoms with Gasteiger partial charge in [0.2, 0.25) is 0 Å². The predicted molar refractivity (Wildman–Crippen MR) is 275 cm³/mol. The predicted octanol–water partition coefficient (Wildman–Crippen LogP) is 17.8. The van der Waals surface area contributed by atoms with Crippen molar-refractivity contribution in [1.29, 1.82) is 0 Å². The monoisotopic (exact) mass is 828 g/mol. The first-order valence-electron chi connectivity index (χ1n) is 23.0. The lowest BCUT2D eigenvalue weighted by molar-refractivity contribution is 0.648. The molecule has 0 radical (unpaired) electrons. The van der Waals surface area contributed by atoms with Crippen LogP contribution < -0.4 is 0 Å². The van der Waals surface area contributed by atoms with E-state index in [2.05, 4.69) is 222 Å². The van der Waals surface area contributed by atoms with Gasteiger partial charge in [0, 0.05) is 27.2 Å². The number of hydrogen-bond donors (Lipinski definition) is 0. The molecule has 0 saturated heterocycles. The maximum atomic E-state index is 6.97. The van der Waals surface area contributed by atoms with Crippen LogP contribution in [-0.4, -0.2) is 0 Å². The lowest BCUT2D eigenvalue weighted by Crippen LogP contribution is -2.15. The zero-order valence-corrected chi connectivity index (χ0v) is 36.9. The fourth-order valence-electron chi connectivity index (χ4n) is 12.3. The second-order valence-electron chi connectivity index (χ2n) is 19.5. The Bertz CT molecular complexity index is 4000. The van der Waals surface area contributed by atoms with Gasteiger partial charge in [0.25, 0.3) is 0 Å². The van der Waals surface area contributed by atoms with Crippen LogP contribution in [0.5, 0.6) is 0 Å². The molecule has 11 aromatic carbocycles. The van der Waals surface area contributed by atoms with Gasteiger partial charge in [-0.05, 0) is 140 Å². The molecule has 1 aromatic heterocycles. The molecule has 0 atom stereocenters. The summed E-state index contributed by atoms with van der Waals surface area (Å²) in [4.78, 5) is 0. The standard InChI is InChI=1S/C64H44O/c1-63(2)54-31-29-39(43-24-14-26-50-52-35-53-57(36-58(52)65-62(43)50)64(3,4)55-32-28-38-16-6-8-19-42(38)61(53)55)33-51(54)44-30-27-40(34-56(44)63)59-46-20-9-11-22-48(46)60(49-23-12-10-21-47(49)59)45-25-13-17-37-15-5-7-18-41(37)45/h5-36H,1-4H3. The third-order valence-electron chi connectivity index (χ3n) is 15.4. The third-order valence-corrected chi connectivity index (χ3v) is 15.4. The normalized spacial score (nSPS) is 14.4. The molecule has 14 rings (SSSR count). The molecular weight excluding hydrogens is 785 g/mol. The maximum Gasteiger partial charge on any atom is 0.143 e. The molecule has 0 saturated carbocycles. The van der Waals surface area contributed by atoms with Crippen LogP contribution in [0.2, 0.25) is 0 Å². The van der Waals surface area contributed by atoms with Gasteiger partial charge < -0.3 is 4.42 Å². The van der Waals surface area contributed by atoms with Crippen LogP contribution in [0, 0.1) is 0 Å². The Kier molecular flexibility index (Phi) is 7.30. The SMILES string of the molecule is CC1(C)c2ccc(-c3cccc4c3oc3cc5c(cc34)-c3c(ccc4ccccc34)C5(C)C)cc2-c2ccc(-c3c4ccccc4c(-c4cccc5ccccc45)c4ccccc34)cc21. The summed E-state index contributed by atoms with van der Waals surface area (Å²) in [5.41, 5.74) is 19.7. The Hall–Kier alpha value is -7.74. The molecule has 0 spiro atoms. The number of fused-ring (bicyclic) bond motifs is 14. The van der Waals surface area contributed by atoms with Crippen molar-refractivity contribution < 1.29 is 4.42 Å². The van der Waals surface area contributed by atoms with E-state index in [0.717, 1.165) is 22.1 Å². The van der Waals surface area contributed by atoms with E-state index in [-0.39, 0.29) is 10.8 Å². The van der Waals surface area contributed by atoms with Crippen molar-refractivity contribution in [3.63, 3.8) is 0 Å². The van der Waals surface area contributed by atoms with Gasteiger partial charge in [-0.1, -0.05) is 198 Å². The maximum absolute atomic E-state index is 6.97. The Morgan fingerprint density at radius 1 is 0.292 bits per heavy atom. The molecule has 0 fully saturated rings. The van der Waals surface area contributed by atoms with Gasteiger partial charge in [0.15, 0.2) is 0 Å². The third kappa shape index (κ3) is 4.93. The summed E-state index contributed by atoms with van der Waals surface area (Å²) in [7, 11) is 0. The molecule has 306 valence electrons. The minimum Gasteiger partial charge on any atom is -0.455 e. The molecule has 0 unspecified atom stereocenters. The van der Waals surface area contributed by atoms with Crippen molar-refractivity contribution in [3.05, 3.63) is 216 Å². The van der Waals surface area contributed by atoms with E-state index in [1.807, 2.05) is 0 Å². The van der Waals surface area contributed by atoms with Gasteiger partial charge >= 0.3 is 0 Å². The molecule has 1 heteroatoms. The highest BCUT2D eigenvalue weighted by atomic mass is 16.3. The van der Waals surface area contributed by atoms with Crippen LogP contribution >= 0.6 is 0 Å². The van der Waals surface area contributed by atoms with Crippen molar-refractivity contribution in [1.82, 2.24) is 0 Å². The van der Waals surface area contributed by atoms with E-state index in [9.17, 15) is 0 Å². The second kappa shape index (κ2) is 12.9. The zero-order valence-electron chi connectivity index (χ0n) is 36.9. The Balaban J connectivity index is 0.916. The highest BCUT2D eigenvalue weighted by Gasteiger charge is 2.38. The van der Waals surface area contributed by atoms with E-state index in [0.29, 0.717) is 0 Å². The Morgan fingerprint density at radius 2 is 0.846 bits per heavy atom. The lowest BCUT2D eigenvalue weighted by Gasteiger charge is -2.23. The fourth-order valence-corrected chi connectivity index (χ4v) is 12.3. The summed E-state index contributed by atoms with van der Waals surface area (Å²) in [6.45, 7) is 9.49. The van der Waals surface area contributed by atoms with Crippen molar-refractivity contribution in [3.8, 4) is 55.6 Å². The van der Waals surface area contributed by atoms with Crippen LogP contribution in [0.1, 0.15) is 49.9 Å². The van der Waals surface area contributed by atoms with E-state index >= 15 is 0 Å². The van der Waals surface area contributed by atoms with E-state index in [1.54, 1.807) is 0 Å². The van der Waals surface area contributed by atoms with Crippen LogP contribution in [0.3, 0.4) is 0 Å². The summed E-state index contributed by atoms with van der Waals surface area (Å²) in [6, 6.07) is 72.6. The van der Waals surface area contributed by atoms with Crippen LogP contribution in [0.25, 0.3) is 121 Å². The molecule has 1 nitrogen and oxygen atoms in total. The molecule has 0 aliphatic heterocycles. The summed E-state index contributed by atoms with van der Waals surface area (Å²) < 4.78 is 6.97. The summed E-state index contributed by atoms with van der Waals surface area (Å²) in [6.07, 6.45) is 0. The number of furan rings is 1. The minimum atomic E-state index is -0.188. The zero-order chi connectivity index (χ0) is 43.3. The molecule has 2 aliphatic rings. The topological polar surface area (TPSA) is 13.1 Å². The summed E-state index contributed by atoms with van der Waals surface area (Å²) in [5.74, 6) is 0. The summed E-state index contributed by atoms with van der Waals surface area (Å²) in [5, 5.41) is 12.5. The van der Waals surface area contributed by atoms with Gasteiger partial charge in [-0.2, -0.15) is 0 Å². The largest absolute Gasteiger partial charge is 0.455 e. The Labute approximate surface area is 378 Å². The molecule has 65 heavy (non-hydrogen) atoms. The molecule has 0 N–H and O–H groups in total. The van der Waals surface area contributed by atoms with Gasteiger partial charge in [0.1, 0.15) is 11.2 Å². The highest BCUT2D eigenvalue weighted by Crippen LogP contribution is 2.55. The minimum absolute atomic E-state index is 0.133. The fraction of sp³-hybridized carbons (Fsp3) is 0.0938. The lowest BCUT2D eigenvalue weighted by atomic mass is 9.80. The first kappa shape index (κ1) is 36.7. The Morgan fingerprint density at radius 3 is 1.60 bits per heavy atom. The molecule has 0 bridgehead atoms. The first-order valence-corrected chi connectivity index (χ1v) is 23.0. The summed E-state index contributed by atoms with van der Waals surface area (Å²) >= 11 is 0. The molecule has 12 aromatic rings. The second-order valence-corrected chi connectivity index (χ2v) is 19.5. The van der Waals surface area contributed by atoms with Crippen LogP contribution in [-0.2, 0) is 10.8 Å². The van der Waals surface area contributed by atoms with Crippen molar-refractivity contribution in [2.24, 2.45) is 0 Å². The van der Waals surface area contributed by atoms with Crippen molar-refractivity contribution >= 4 is 65.0 Å². The van der Waals surface area contributed by atoms with Gasteiger partial charge in [-0.3, -0.25) is 0 Å². The number of rotatable bonds is 3. The molecule has 0 amide bonds. The average Bonchev–Trinajstić information content (AvgIpc) is 3.90. The van der Waals surface area contributed by atoms with Gasteiger partial charge in [-0.25, -0.2) is 0 Å². The average molecular weight is 829 g/mol. The van der Waals surface area contributed by atoms with Gasteiger partial charge in [-0.15, -0.1) is 0 Å². The van der Waals surface area contributed by atoms with Crippen LogP contribution in [0.15, 0.2) is 199 Å². The van der Waals surface area contributed by atoms with Crippen molar-refractivity contribution in [2.45, 2.75) is 38.5 Å². The molecular formula is C64H44O. The number of para-hydroxylation sites is 1. The van der Waals surface area contributed by atoms with Crippen molar-refractivity contribution in [2.75, 3.05) is 0 Å². The number of benzene rings is 11. The van der Waals surface area contributed by atoms with Crippen LogP contribution in [0.4, 0.5) is 0 Å². The smallest absolute Gasteiger partial charge is 0.143 e. The molecule has 1 heterocycles. The van der Waals surface area contributed by atoms with E-state index in [1.165, 1.54) is 121 Å². The first-order chi connectivity index (χ1) is 31.8. The van der Waals surface area contributed by atoms with E-state index in [4.69, 9.17) is 4.42 Å². The quantitative estimate of drug-likeness (QED) is 0.162. The van der Waals surface area contributed by atoms with Gasteiger partial charge in [0.05, 0.1) is 0 Å². The molecule has 2 aliphatic carbocycles.